The summed E-state index contributed by atoms with van der Waals surface area (Å²) < 4.78 is 0. The first-order chi connectivity index (χ1) is 34.2. The quantitative estimate of drug-likeness (QED) is 0.0114. The Hall–Kier alpha value is -5.89. The summed E-state index contributed by atoms with van der Waals surface area (Å²) in [5.41, 5.74) is 8.61. The van der Waals surface area contributed by atoms with Crippen LogP contribution in [-0.4, -0.2) is 104 Å². The number of hydrogen-bond acceptors (Lipinski definition) is 13. The number of ketones is 1. The van der Waals surface area contributed by atoms with Gasteiger partial charge in [0.05, 0.1) is 31.8 Å². The number of hydrogen-bond donors (Lipinski definition) is 9. The van der Waals surface area contributed by atoms with Crippen LogP contribution in [0.3, 0.4) is 0 Å². The molecular formula is C54H78N8O9. The molecule has 17 heteroatoms. The van der Waals surface area contributed by atoms with E-state index in [0.29, 0.717) is 68.7 Å². The lowest BCUT2D eigenvalue weighted by Gasteiger charge is -2.26. The van der Waals surface area contributed by atoms with Crippen molar-refractivity contribution >= 4 is 40.8 Å². The Morgan fingerprint density at radius 3 is 1.46 bits per heavy atom. The lowest BCUT2D eigenvalue weighted by molar-refractivity contribution is -0.306. The Labute approximate surface area is 420 Å². The molecule has 0 bridgehead atoms. The number of carbonyl (C=O) groups is 5. The number of amides is 4. The minimum absolute atomic E-state index is 0.0141. The van der Waals surface area contributed by atoms with E-state index in [2.05, 4.69) is 42.1 Å². The van der Waals surface area contributed by atoms with Crippen molar-refractivity contribution in [3.63, 3.8) is 0 Å². The standard InChI is InChI=1S/C35H46N4O5.C19H32N4O4/c1-26(2)22-32(35(42)38-30-18-11-6-12-19-30)39-34(41)31(20-13-21-36-23-33(40)29-16-9-5-10-17-29)37-27(3)24-43-44-25-28-14-7-4-8-15-28;1-13(2)11-17(19(25)22-15-7-5-4-6-8-15)23-18(24)16(9-10-20)21-14(3)12-27-26/h4-12,14-19,26-27,31-32,36-37H,13,20-25H2,1-3H3,(H,38,42)(H,39,41);4-8,13-14,16-17,21,26H,9-12,20H2,1-3H3,(H,22,25)(H,23,24)/t27?,31-,32-;14?,16-,17-/m00/s1. The SMILES string of the molecule is CC(C)C[C@H](NC(=O)[C@H](CCCNCC(=O)c1ccccc1)NC(C)COOCc1ccccc1)C(=O)Nc1ccccc1.CC(C)C[C@H](NC(=O)[C@H](CCN)NC(C)COO)C(=O)Nc1ccccc1. The molecule has 2 unspecified atom stereocenters. The first-order valence-corrected chi connectivity index (χ1v) is 24.6. The summed E-state index contributed by atoms with van der Waals surface area (Å²) in [6.45, 7) is 13.4. The highest BCUT2D eigenvalue weighted by atomic mass is 17.2. The van der Waals surface area contributed by atoms with E-state index in [1.807, 2.05) is 132 Å². The maximum absolute atomic E-state index is 13.6. The summed E-state index contributed by atoms with van der Waals surface area (Å²) in [6.07, 6.45) is 2.52. The number of rotatable bonds is 32. The zero-order chi connectivity index (χ0) is 51.8. The van der Waals surface area contributed by atoms with Crippen molar-refractivity contribution in [1.29, 1.82) is 0 Å². The molecule has 10 N–H and O–H groups in total. The number of benzene rings is 4. The van der Waals surface area contributed by atoms with Gasteiger partial charge in [-0.25, -0.2) is 14.7 Å². The van der Waals surface area contributed by atoms with Gasteiger partial charge in [0.15, 0.2) is 5.78 Å². The molecule has 0 saturated carbocycles. The minimum Gasteiger partial charge on any atom is -0.343 e. The highest BCUT2D eigenvalue weighted by Gasteiger charge is 2.29. The number of nitrogens with two attached hydrogens (primary N) is 1. The molecule has 0 aliphatic carbocycles. The van der Waals surface area contributed by atoms with Crippen LogP contribution in [0.1, 0.15) is 89.6 Å². The third-order valence-electron chi connectivity index (χ3n) is 10.8. The van der Waals surface area contributed by atoms with E-state index in [4.69, 9.17) is 20.8 Å². The van der Waals surface area contributed by atoms with Crippen LogP contribution >= 0.6 is 0 Å². The summed E-state index contributed by atoms with van der Waals surface area (Å²) in [5.74, 6) is -0.672. The second-order valence-corrected chi connectivity index (χ2v) is 18.3. The molecule has 4 aromatic rings. The fourth-order valence-corrected chi connectivity index (χ4v) is 7.29. The van der Waals surface area contributed by atoms with Gasteiger partial charge in [-0.2, -0.15) is 0 Å². The summed E-state index contributed by atoms with van der Waals surface area (Å²) in [6, 6.07) is 34.2. The van der Waals surface area contributed by atoms with Gasteiger partial charge < -0.3 is 43.0 Å². The van der Waals surface area contributed by atoms with Gasteiger partial charge in [0.2, 0.25) is 23.6 Å². The van der Waals surface area contributed by atoms with Crippen molar-refractivity contribution in [1.82, 2.24) is 26.6 Å². The van der Waals surface area contributed by atoms with Crippen LogP contribution in [0.25, 0.3) is 0 Å². The monoisotopic (exact) mass is 983 g/mol. The van der Waals surface area contributed by atoms with E-state index < -0.39 is 24.2 Å². The zero-order valence-corrected chi connectivity index (χ0v) is 42.2. The fourth-order valence-electron chi connectivity index (χ4n) is 7.29. The van der Waals surface area contributed by atoms with Crippen LogP contribution in [-0.2, 0) is 40.4 Å². The van der Waals surface area contributed by atoms with Gasteiger partial charge in [0.1, 0.15) is 18.7 Å². The van der Waals surface area contributed by atoms with Gasteiger partial charge in [-0.1, -0.05) is 125 Å². The number of anilines is 2. The number of nitrogens with one attached hydrogen (secondary N) is 7. The van der Waals surface area contributed by atoms with Gasteiger partial charge in [-0.05, 0) is 101 Å². The van der Waals surface area contributed by atoms with Gasteiger partial charge in [-0.15, -0.1) is 0 Å². The van der Waals surface area contributed by atoms with Crippen LogP contribution in [0, 0.1) is 11.8 Å². The molecule has 17 nitrogen and oxygen atoms in total. The first kappa shape index (κ1) is 59.4. The summed E-state index contributed by atoms with van der Waals surface area (Å²) in [4.78, 5) is 79.5. The normalized spacial score (nSPS) is 13.7. The molecule has 0 aliphatic rings. The Bertz CT molecular complexity index is 2100. The highest BCUT2D eigenvalue weighted by Crippen LogP contribution is 2.13. The largest absolute Gasteiger partial charge is 0.343 e. The van der Waals surface area contributed by atoms with Gasteiger partial charge in [0.25, 0.3) is 0 Å². The topological polar surface area (TPSA) is 244 Å². The molecule has 388 valence electrons. The molecule has 0 spiro atoms. The average Bonchev–Trinajstić information content (AvgIpc) is 3.35. The predicted molar refractivity (Wildman–Crippen MR) is 278 cm³/mol. The Balaban J connectivity index is 0.000000423. The number of Topliss-reactive ketones (excluding diaryl/α,β-unsaturated/α-hetero) is 1. The van der Waals surface area contributed by atoms with Crippen molar-refractivity contribution < 1.29 is 43.9 Å². The molecule has 0 heterocycles. The Kier molecular flexibility index (Phi) is 28.8. The molecule has 4 amide bonds. The van der Waals surface area contributed by atoms with Gasteiger partial charge in [-0.3, -0.25) is 29.2 Å². The summed E-state index contributed by atoms with van der Waals surface area (Å²) in [5, 5.41) is 29.7. The van der Waals surface area contributed by atoms with Crippen molar-refractivity contribution in [2.45, 2.75) is 117 Å². The van der Waals surface area contributed by atoms with Crippen LogP contribution in [0.4, 0.5) is 11.4 Å². The third kappa shape index (κ3) is 25.2. The molecular weight excluding hydrogens is 905 g/mol. The molecule has 0 fully saturated rings. The third-order valence-corrected chi connectivity index (χ3v) is 10.8. The lowest BCUT2D eigenvalue weighted by Crippen LogP contribution is -2.54. The average molecular weight is 983 g/mol. The molecule has 6 atom stereocenters. The predicted octanol–water partition coefficient (Wildman–Crippen LogP) is 6.24. The molecule has 0 saturated heterocycles. The van der Waals surface area contributed by atoms with Crippen LogP contribution < -0.4 is 43.0 Å². The van der Waals surface area contributed by atoms with Crippen LogP contribution in [0.5, 0.6) is 0 Å². The zero-order valence-electron chi connectivity index (χ0n) is 42.2. The maximum atomic E-state index is 13.6. The first-order valence-electron chi connectivity index (χ1n) is 24.6. The van der Waals surface area contributed by atoms with Crippen molar-refractivity contribution in [3.8, 4) is 0 Å². The Morgan fingerprint density at radius 2 is 1.00 bits per heavy atom. The van der Waals surface area contributed by atoms with E-state index in [0.717, 1.165) is 5.56 Å². The summed E-state index contributed by atoms with van der Waals surface area (Å²) in [7, 11) is 0. The second kappa shape index (κ2) is 34.4. The number of para-hydroxylation sites is 2. The van der Waals surface area contributed by atoms with Gasteiger partial charge in [0, 0.05) is 29.0 Å². The molecule has 0 radical (unpaired) electrons. The van der Waals surface area contributed by atoms with Crippen molar-refractivity contribution in [2.24, 2.45) is 17.6 Å². The van der Waals surface area contributed by atoms with E-state index in [1.54, 1.807) is 31.2 Å². The maximum Gasteiger partial charge on any atom is 0.246 e. The summed E-state index contributed by atoms with van der Waals surface area (Å²) >= 11 is 0. The molecule has 0 aromatic heterocycles. The minimum atomic E-state index is -0.700. The van der Waals surface area contributed by atoms with E-state index in [-0.39, 0.29) is 73.1 Å². The van der Waals surface area contributed by atoms with Crippen LogP contribution in [0.15, 0.2) is 121 Å². The second-order valence-electron chi connectivity index (χ2n) is 18.3. The smallest absolute Gasteiger partial charge is 0.246 e. The molecule has 4 aromatic carbocycles. The lowest BCUT2D eigenvalue weighted by atomic mass is 10.0. The fraction of sp³-hybridized carbons (Fsp3) is 0.463. The van der Waals surface area contributed by atoms with Gasteiger partial charge >= 0.3 is 0 Å². The molecule has 0 aliphatic heterocycles. The Morgan fingerprint density at radius 1 is 0.549 bits per heavy atom. The number of carbonyl (C=O) groups excluding carboxylic acids is 5. The van der Waals surface area contributed by atoms with E-state index in [1.165, 1.54) is 0 Å². The van der Waals surface area contributed by atoms with E-state index in [9.17, 15) is 24.0 Å². The highest BCUT2D eigenvalue weighted by molar-refractivity contribution is 5.99. The van der Waals surface area contributed by atoms with Crippen LogP contribution in [0.2, 0.25) is 0 Å². The molecule has 71 heavy (non-hydrogen) atoms. The molecule has 4 rings (SSSR count). The van der Waals surface area contributed by atoms with E-state index >= 15 is 0 Å². The van der Waals surface area contributed by atoms with Crippen molar-refractivity contribution in [2.75, 3.05) is 43.5 Å². The van der Waals surface area contributed by atoms with Crippen molar-refractivity contribution in [3.05, 3.63) is 132 Å².